The first-order valence-electron chi connectivity index (χ1n) is 6.73. The number of ether oxygens (including phenoxy) is 1. The van der Waals surface area contributed by atoms with Crippen LogP contribution in [-0.2, 0) is 11.3 Å². The number of nitrogens with zero attached hydrogens (tertiary/aromatic N) is 2. The SMILES string of the molecule is O=C(OCc1nc(-c2ccc(Br)cc2)no1)c1cc(F)cc(F)c1. The van der Waals surface area contributed by atoms with E-state index in [-0.39, 0.29) is 18.1 Å². The van der Waals surface area contributed by atoms with E-state index in [9.17, 15) is 13.6 Å². The molecule has 3 aromatic rings. The standard InChI is InChI=1S/C16H9BrF2N2O3/c17-11-3-1-9(2-4-11)15-20-14(24-21-15)8-23-16(22)10-5-12(18)7-13(19)6-10/h1-7H,8H2. The number of rotatable bonds is 4. The summed E-state index contributed by atoms with van der Waals surface area (Å²) in [6.07, 6.45) is 0. The summed E-state index contributed by atoms with van der Waals surface area (Å²) in [5, 5.41) is 3.78. The average Bonchev–Trinajstić information content (AvgIpc) is 3.01. The van der Waals surface area contributed by atoms with Crippen LogP contribution in [0, 0.1) is 11.6 Å². The number of carbonyl (C=O) groups excluding carboxylic acids is 1. The van der Waals surface area contributed by atoms with Crippen molar-refractivity contribution < 1.29 is 22.8 Å². The van der Waals surface area contributed by atoms with Gasteiger partial charge in [-0.05, 0) is 36.4 Å². The van der Waals surface area contributed by atoms with Crippen molar-refractivity contribution >= 4 is 21.9 Å². The van der Waals surface area contributed by atoms with Gasteiger partial charge >= 0.3 is 5.97 Å². The molecule has 24 heavy (non-hydrogen) atoms. The number of hydrogen-bond donors (Lipinski definition) is 0. The lowest BCUT2D eigenvalue weighted by Gasteiger charge is -2.02. The minimum absolute atomic E-state index is 0.0677. The molecule has 0 N–H and O–H groups in total. The summed E-state index contributed by atoms with van der Waals surface area (Å²) in [6.45, 7) is -0.305. The maximum atomic E-state index is 13.1. The lowest BCUT2D eigenvalue weighted by atomic mass is 10.2. The van der Waals surface area contributed by atoms with Gasteiger partial charge in [-0.15, -0.1) is 0 Å². The van der Waals surface area contributed by atoms with E-state index in [0.717, 1.165) is 22.2 Å². The van der Waals surface area contributed by atoms with Gasteiger partial charge in [-0.1, -0.05) is 21.1 Å². The molecule has 5 nitrogen and oxygen atoms in total. The van der Waals surface area contributed by atoms with E-state index in [2.05, 4.69) is 26.1 Å². The number of carbonyl (C=O) groups is 1. The van der Waals surface area contributed by atoms with Crippen LogP contribution in [-0.4, -0.2) is 16.1 Å². The summed E-state index contributed by atoms with van der Waals surface area (Å²) in [7, 11) is 0. The molecule has 0 aliphatic heterocycles. The molecule has 0 spiro atoms. The Bertz CT molecular complexity index is 861. The van der Waals surface area contributed by atoms with E-state index >= 15 is 0 Å². The van der Waals surface area contributed by atoms with Crippen LogP contribution in [0.3, 0.4) is 0 Å². The number of benzene rings is 2. The summed E-state index contributed by atoms with van der Waals surface area (Å²) < 4.78 is 37.0. The normalized spacial score (nSPS) is 10.6. The number of hydrogen-bond acceptors (Lipinski definition) is 5. The van der Waals surface area contributed by atoms with E-state index in [0.29, 0.717) is 11.9 Å². The van der Waals surface area contributed by atoms with E-state index < -0.39 is 17.6 Å². The molecule has 0 saturated carbocycles. The molecule has 122 valence electrons. The van der Waals surface area contributed by atoms with Crippen molar-refractivity contribution in [3.63, 3.8) is 0 Å². The molecule has 0 unspecified atom stereocenters. The lowest BCUT2D eigenvalue weighted by Crippen LogP contribution is -2.06. The van der Waals surface area contributed by atoms with E-state index in [1.165, 1.54) is 0 Å². The molecule has 0 bridgehead atoms. The first kappa shape index (κ1) is 16.3. The number of esters is 1. The lowest BCUT2D eigenvalue weighted by molar-refractivity contribution is 0.0428. The fourth-order valence-corrected chi connectivity index (χ4v) is 2.18. The molecule has 0 amide bonds. The molecule has 0 atom stereocenters. The molecule has 1 heterocycles. The van der Waals surface area contributed by atoms with Gasteiger partial charge < -0.3 is 9.26 Å². The van der Waals surface area contributed by atoms with Gasteiger partial charge in [0.25, 0.3) is 5.89 Å². The van der Waals surface area contributed by atoms with Gasteiger partial charge in [-0.25, -0.2) is 13.6 Å². The Morgan fingerprint density at radius 1 is 1.12 bits per heavy atom. The predicted octanol–water partition coefficient (Wildman–Crippen LogP) is 4.13. The van der Waals surface area contributed by atoms with Gasteiger partial charge in [-0.3, -0.25) is 0 Å². The van der Waals surface area contributed by atoms with Crippen LogP contribution >= 0.6 is 15.9 Å². The third-order valence-electron chi connectivity index (χ3n) is 3.00. The van der Waals surface area contributed by atoms with Gasteiger partial charge in [0.15, 0.2) is 6.61 Å². The van der Waals surface area contributed by atoms with Crippen LogP contribution in [0.5, 0.6) is 0 Å². The number of halogens is 3. The first-order chi connectivity index (χ1) is 11.5. The van der Waals surface area contributed by atoms with Crippen molar-refractivity contribution in [2.75, 3.05) is 0 Å². The Morgan fingerprint density at radius 3 is 2.46 bits per heavy atom. The molecular weight excluding hydrogens is 386 g/mol. The first-order valence-corrected chi connectivity index (χ1v) is 7.52. The zero-order valence-electron chi connectivity index (χ0n) is 12.0. The molecule has 0 radical (unpaired) electrons. The summed E-state index contributed by atoms with van der Waals surface area (Å²) in [6, 6.07) is 9.66. The minimum atomic E-state index is -0.892. The summed E-state index contributed by atoms with van der Waals surface area (Å²) in [4.78, 5) is 15.9. The topological polar surface area (TPSA) is 65.2 Å². The highest BCUT2D eigenvalue weighted by Gasteiger charge is 2.14. The maximum absolute atomic E-state index is 13.1. The molecular formula is C16H9BrF2N2O3. The largest absolute Gasteiger partial charge is 0.452 e. The minimum Gasteiger partial charge on any atom is -0.452 e. The predicted molar refractivity (Wildman–Crippen MR) is 82.9 cm³/mol. The Balaban J connectivity index is 1.67. The second-order valence-electron chi connectivity index (χ2n) is 4.75. The van der Waals surface area contributed by atoms with Crippen molar-refractivity contribution in [2.24, 2.45) is 0 Å². The van der Waals surface area contributed by atoms with Crippen LogP contribution < -0.4 is 0 Å². The molecule has 3 rings (SSSR count). The van der Waals surface area contributed by atoms with Gasteiger partial charge in [0.1, 0.15) is 11.6 Å². The van der Waals surface area contributed by atoms with Gasteiger partial charge in [0.2, 0.25) is 5.82 Å². The van der Waals surface area contributed by atoms with E-state index in [4.69, 9.17) is 9.26 Å². The zero-order valence-corrected chi connectivity index (χ0v) is 13.6. The van der Waals surface area contributed by atoms with E-state index in [1.807, 2.05) is 12.1 Å². The average molecular weight is 395 g/mol. The van der Waals surface area contributed by atoms with Crippen molar-refractivity contribution in [1.82, 2.24) is 10.1 Å². The van der Waals surface area contributed by atoms with Crippen molar-refractivity contribution in [3.05, 3.63) is 70.0 Å². The monoisotopic (exact) mass is 394 g/mol. The molecule has 0 fully saturated rings. The van der Waals surface area contributed by atoms with Gasteiger partial charge in [-0.2, -0.15) is 4.98 Å². The highest BCUT2D eigenvalue weighted by Crippen LogP contribution is 2.19. The van der Waals surface area contributed by atoms with Crippen molar-refractivity contribution in [2.45, 2.75) is 6.61 Å². The van der Waals surface area contributed by atoms with Crippen molar-refractivity contribution in [3.8, 4) is 11.4 Å². The molecule has 0 aliphatic carbocycles. The molecule has 0 saturated heterocycles. The van der Waals surface area contributed by atoms with Crippen LogP contribution in [0.4, 0.5) is 8.78 Å². The van der Waals surface area contributed by atoms with E-state index in [1.54, 1.807) is 12.1 Å². The summed E-state index contributed by atoms with van der Waals surface area (Å²) in [5.74, 6) is -2.21. The molecule has 8 heteroatoms. The highest BCUT2D eigenvalue weighted by molar-refractivity contribution is 9.10. The summed E-state index contributed by atoms with van der Waals surface area (Å²) in [5.41, 5.74) is 0.492. The Morgan fingerprint density at radius 2 is 1.79 bits per heavy atom. The Hall–Kier alpha value is -2.61. The van der Waals surface area contributed by atoms with Crippen LogP contribution in [0.2, 0.25) is 0 Å². The zero-order chi connectivity index (χ0) is 17.1. The van der Waals surface area contributed by atoms with Crippen LogP contribution in [0.25, 0.3) is 11.4 Å². The maximum Gasteiger partial charge on any atom is 0.338 e. The molecule has 1 aromatic heterocycles. The summed E-state index contributed by atoms with van der Waals surface area (Å²) >= 11 is 3.32. The third-order valence-corrected chi connectivity index (χ3v) is 3.52. The number of aromatic nitrogens is 2. The van der Waals surface area contributed by atoms with Gasteiger partial charge in [0.05, 0.1) is 5.56 Å². The Kier molecular flexibility index (Phi) is 4.66. The second kappa shape index (κ2) is 6.88. The third kappa shape index (κ3) is 3.83. The quantitative estimate of drug-likeness (QED) is 0.622. The fraction of sp³-hybridized carbons (Fsp3) is 0.0625. The smallest absolute Gasteiger partial charge is 0.338 e. The Labute approximate surface area is 143 Å². The molecule has 0 aliphatic rings. The van der Waals surface area contributed by atoms with Crippen molar-refractivity contribution in [1.29, 1.82) is 0 Å². The molecule has 2 aromatic carbocycles. The van der Waals surface area contributed by atoms with Crippen LogP contribution in [0.1, 0.15) is 16.2 Å². The fourth-order valence-electron chi connectivity index (χ4n) is 1.91. The highest BCUT2D eigenvalue weighted by atomic mass is 79.9. The van der Waals surface area contributed by atoms with Gasteiger partial charge in [0, 0.05) is 16.1 Å². The van der Waals surface area contributed by atoms with Crippen LogP contribution in [0.15, 0.2) is 51.5 Å². The second-order valence-corrected chi connectivity index (χ2v) is 5.67.